The lowest BCUT2D eigenvalue weighted by atomic mass is 9.87. The van der Waals surface area contributed by atoms with Crippen LogP contribution in [0, 0.1) is 0 Å². The quantitative estimate of drug-likeness (QED) is 0.825. The summed E-state index contributed by atoms with van der Waals surface area (Å²) in [6.07, 6.45) is 0.481. The molecule has 0 fully saturated rings. The van der Waals surface area contributed by atoms with E-state index >= 15 is 0 Å². The van der Waals surface area contributed by atoms with E-state index in [4.69, 9.17) is 0 Å². The molecular formula is C15H16BrNO2S. The molecule has 1 aromatic heterocycles. The van der Waals surface area contributed by atoms with Crippen molar-refractivity contribution in [2.45, 2.75) is 25.4 Å². The van der Waals surface area contributed by atoms with Crippen LogP contribution in [0.1, 0.15) is 23.8 Å². The Morgan fingerprint density at radius 3 is 2.55 bits per heavy atom. The summed E-state index contributed by atoms with van der Waals surface area (Å²) < 4.78 is 0.940. The molecule has 1 aromatic carbocycles. The highest BCUT2D eigenvalue weighted by molar-refractivity contribution is 9.10. The van der Waals surface area contributed by atoms with Crippen molar-refractivity contribution in [2.24, 2.45) is 0 Å². The molecule has 0 aliphatic carbocycles. The van der Waals surface area contributed by atoms with Gasteiger partial charge in [-0.05, 0) is 35.6 Å². The minimum atomic E-state index is -1.05. The standard InChI is InChI=1S/C15H16BrNO2S/c1-2-15(14(18)19,11-5-7-12(16)8-6-11)17-10-13-4-3-9-20-13/h3-9,17H,2,10H2,1H3,(H,18,19). The molecular weight excluding hydrogens is 338 g/mol. The Kier molecular flexibility index (Phi) is 4.96. The van der Waals surface area contributed by atoms with Crippen LogP contribution in [0.2, 0.25) is 0 Å². The Balaban J connectivity index is 2.29. The van der Waals surface area contributed by atoms with E-state index in [0.717, 1.165) is 14.9 Å². The van der Waals surface area contributed by atoms with E-state index in [0.29, 0.717) is 13.0 Å². The summed E-state index contributed by atoms with van der Waals surface area (Å²) >= 11 is 5.00. The van der Waals surface area contributed by atoms with Crippen LogP contribution in [0.15, 0.2) is 46.3 Å². The molecule has 0 radical (unpaired) electrons. The van der Waals surface area contributed by atoms with Crippen LogP contribution in [0.25, 0.3) is 0 Å². The average Bonchev–Trinajstić information content (AvgIpc) is 2.94. The fraction of sp³-hybridized carbons (Fsp3) is 0.267. The van der Waals surface area contributed by atoms with Crippen molar-refractivity contribution in [3.05, 3.63) is 56.7 Å². The van der Waals surface area contributed by atoms with Gasteiger partial charge in [0.15, 0.2) is 0 Å². The molecule has 106 valence electrons. The number of nitrogens with one attached hydrogen (secondary N) is 1. The van der Waals surface area contributed by atoms with Gasteiger partial charge in [0.25, 0.3) is 0 Å². The van der Waals surface area contributed by atoms with Gasteiger partial charge >= 0.3 is 5.97 Å². The third-order valence-electron chi connectivity index (χ3n) is 3.38. The van der Waals surface area contributed by atoms with Gasteiger partial charge in [-0.2, -0.15) is 0 Å². The molecule has 2 N–H and O–H groups in total. The Bertz CT molecular complexity index is 568. The van der Waals surface area contributed by atoms with Crippen LogP contribution in [-0.2, 0) is 16.9 Å². The summed E-state index contributed by atoms with van der Waals surface area (Å²) in [5.41, 5.74) is -0.280. The Hall–Kier alpha value is -1.17. The Morgan fingerprint density at radius 2 is 2.05 bits per heavy atom. The lowest BCUT2D eigenvalue weighted by molar-refractivity contribution is -0.145. The second-order valence-corrected chi connectivity index (χ2v) is 6.45. The molecule has 3 nitrogen and oxygen atoms in total. The van der Waals surface area contributed by atoms with E-state index in [2.05, 4.69) is 21.2 Å². The highest BCUT2D eigenvalue weighted by Crippen LogP contribution is 2.28. The van der Waals surface area contributed by atoms with E-state index < -0.39 is 11.5 Å². The molecule has 1 heterocycles. The van der Waals surface area contributed by atoms with Crippen LogP contribution in [0.5, 0.6) is 0 Å². The molecule has 1 unspecified atom stereocenters. The SMILES string of the molecule is CCC(NCc1cccs1)(C(=O)O)c1ccc(Br)cc1. The van der Waals surface area contributed by atoms with Crippen molar-refractivity contribution in [2.75, 3.05) is 0 Å². The summed E-state index contributed by atoms with van der Waals surface area (Å²) in [5, 5.41) is 14.9. The van der Waals surface area contributed by atoms with Gasteiger partial charge in [0, 0.05) is 15.9 Å². The molecule has 20 heavy (non-hydrogen) atoms. The first-order chi connectivity index (χ1) is 9.58. The second-order valence-electron chi connectivity index (χ2n) is 4.50. The molecule has 2 aromatic rings. The molecule has 5 heteroatoms. The fourth-order valence-electron chi connectivity index (χ4n) is 2.17. The van der Waals surface area contributed by atoms with Crippen LogP contribution >= 0.6 is 27.3 Å². The van der Waals surface area contributed by atoms with Gasteiger partial charge in [0.2, 0.25) is 0 Å². The smallest absolute Gasteiger partial charge is 0.328 e. The first kappa shape index (κ1) is 15.2. The number of benzene rings is 1. The van der Waals surface area contributed by atoms with E-state index in [-0.39, 0.29) is 0 Å². The third kappa shape index (κ3) is 3.11. The predicted molar refractivity (Wildman–Crippen MR) is 84.9 cm³/mol. The molecule has 0 saturated carbocycles. The van der Waals surface area contributed by atoms with Gasteiger partial charge in [0.1, 0.15) is 5.54 Å². The monoisotopic (exact) mass is 353 g/mol. The van der Waals surface area contributed by atoms with Crippen molar-refractivity contribution >= 4 is 33.2 Å². The van der Waals surface area contributed by atoms with E-state index in [9.17, 15) is 9.90 Å². The lowest BCUT2D eigenvalue weighted by Gasteiger charge is -2.30. The summed E-state index contributed by atoms with van der Waals surface area (Å²) in [6.45, 7) is 2.44. The van der Waals surface area contributed by atoms with Crippen LogP contribution in [0.4, 0.5) is 0 Å². The predicted octanol–water partition coefficient (Wildman–Crippen LogP) is 3.99. The van der Waals surface area contributed by atoms with Gasteiger partial charge in [-0.25, -0.2) is 4.79 Å². The van der Waals surface area contributed by atoms with Gasteiger partial charge in [-0.1, -0.05) is 41.1 Å². The van der Waals surface area contributed by atoms with Crippen molar-refractivity contribution in [3.8, 4) is 0 Å². The van der Waals surface area contributed by atoms with Crippen molar-refractivity contribution in [1.29, 1.82) is 0 Å². The lowest BCUT2D eigenvalue weighted by Crippen LogP contribution is -2.48. The molecule has 1 atom stereocenters. The maximum absolute atomic E-state index is 11.8. The zero-order valence-electron chi connectivity index (χ0n) is 11.1. The number of rotatable bonds is 6. The maximum Gasteiger partial charge on any atom is 0.328 e. The van der Waals surface area contributed by atoms with Gasteiger partial charge < -0.3 is 5.11 Å². The summed E-state index contributed by atoms with van der Waals surface area (Å²) in [6, 6.07) is 11.4. The number of halogens is 1. The summed E-state index contributed by atoms with van der Waals surface area (Å²) in [4.78, 5) is 13.0. The van der Waals surface area contributed by atoms with Gasteiger partial charge in [-0.15, -0.1) is 11.3 Å². The van der Waals surface area contributed by atoms with Crippen molar-refractivity contribution < 1.29 is 9.90 Å². The van der Waals surface area contributed by atoms with E-state index in [1.807, 2.05) is 48.7 Å². The van der Waals surface area contributed by atoms with E-state index in [1.165, 1.54) is 0 Å². The zero-order valence-corrected chi connectivity index (χ0v) is 13.5. The number of hydrogen-bond donors (Lipinski definition) is 2. The van der Waals surface area contributed by atoms with Crippen molar-refractivity contribution in [3.63, 3.8) is 0 Å². The molecule has 0 amide bonds. The van der Waals surface area contributed by atoms with Crippen LogP contribution < -0.4 is 5.32 Å². The molecule has 2 rings (SSSR count). The van der Waals surface area contributed by atoms with Crippen LogP contribution in [-0.4, -0.2) is 11.1 Å². The fourth-order valence-corrected chi connectivity index (χ4v) is 3.08. The first-order valence-electron chi connectivity index (χ1n) is 6.35. The molecule has 0 bridgehead atoms. The van der Waals surface area contributed by atoms with Gasteiger partial charge in [-0.3, -0.25) is 5.32 Å². The zero-order chi connectivity index (χ0) is 14.6. The number of thiophene rings is 1. The third-order valence-corrected chi connectivity index (χ3v) is 4.78. The van der Waals surface area contributed by atoms with Crippen molar-refractivity contribution in [1.82, 2.24) is 5.32 Å². The minimum absolute atomic E-state index is 0.481. The first-order valence-corrected chi connectivity index (χ1v) is 8.02. The number of carboxylic acids is 1. The summed E-state index contributed by atoms with van der Waals surface area (Å²) in [7, 11) is 0. The maximum atomic E-state index is 11.8. The number of carbonyl (C=O) groups is 1. The van der Waals surface area contributed by atoms with Crippen LogP contribution in [0.3, 0.4) is 0 Å². The van der Waals surface area contributed by atoms with Gasteiger partial charge in [0.05, 0.1) is 0 Å². The highest BCUT2D eigenvalue weighted by atomic mass is 79.9. The highest BCUT2D eigenvalue weighted by Gasteiger charge is 2.38. The topological polar surface area (TPSA) is 49.3 Å². The average molecular weight is 354 g/mol. The molecule has 0 aliphatic heterocycles. The normalized spacial score (nSPS) is 13.9. The Morgan fingerprint density at radius 1 is 1.35 bits per heavy atom. The largest absolute Gasteiger partial charge is 0.480 e. The second kappa shape index (κ2) is 6.52. The minimum Gasteiger partial charge on any atom is -0.480 e. The Labute approximate surface area is 130 Å². The summed E-state index contributed by atoms with van der Waals surface area (Å²) in [5.74, 6) is -0.848. The number of aliphatic carboxylic acids is 1. The molecule has 0 saturated heterocycles. The molecule has 0 spiro atoms. The molecule has 0 aliphatic rings. The number of carboxylic acid groups (broad SMARTS) is 1. The number of hydrogen-bond acceptors (Lipinski definition) is 3. The van der Waals surface area contributed by atoms with E-state index in [1.54, 1.807) is 11.3 Å².